The third-order valence-electron chi connectivity index (χ3n) is 5.93. The molecular formula is C25H30N4O4. The van der Waals surface area contributed by atoms with Gasteiger partial charge in [0, 0.05) is 38.0 Å². The Labute approximate surface area is 194 Å². The third kappa shape index (κ3) is 5.51. The molecule has 1 aliphatic rings. The first-order chi connectivity index (χ1) is 16.1. The fourth-order valence-corrected chi connectivity index (χ4v) is 4.36. The molecule has 1 fully saturated rings. The van der Waals surface area contributed by atoms with Crippen molar-refractivity contribution in [1.82, 2.24) is 19.4 Å². The summed E-state index contributed by atoms with van der Waals surface area (Å²) in [6, 6.07) is 9.81. The molecule has 3 heterocycles. The highest BCUT2D eigenvalue weighted by Crippen LogP contribution is 2.39. The largest absolute Gasteiger partial charge is 0.493 e. The molecule has 0 bridgehead atoms. The Morgan fingerprint density at radius 1 is 1.03 bits per heavy atom. The maximum absolute atomic E-state index is 11.5. The topological polar surface area (TPSA) is 78.7 Å². The second-order valence-corrected chi connectivity index (χ2v) is 8.21. The van der Waals surface area contributed by atoms with Crippen LogP contribution < -0.4 is 14.2 Å². The number of pyridine rings is 1. The fraction of sp³-hybridized carbons (Fsp3) is 0.400. The zero-order valence-corrected chi connectivity index (χ0v) is 19.4. The lowest BCUT2D eigenvalue weighted by molar-refractivity contribution is -0.132. The van der Waals surface area contributed by atoms with Gasteiger partial charge in [0.1, 0.15) is 5.82 Å². The van der Waals surface area contributed by atoms with Crippen molar-refractivity contribution >= 4 is 5.97 Å². The Balaban J connectivity index is 1.40. The van der Waals surface area contributed by atoms with Gasteiger partial charge in [-0.05, 0) is 55.8 Å². The minimum atomic E-state index is -0.414. The van der Waals surface area contributed by atoms with E-state index < -0.39 is 5.97 Å². The summed E-state index contributed by atoms with van der Waals surface area (Å²) in [6.45, 7) is 4.81. The lowest BCUT2D eigenvalue weighted by atomic mass is 9.95. The number of rotatable bonds is 8. The van der Waals surface area contributed by atoms with Crippen molar-refractivity contribution in [3.05, 3.63) is 66.0 Å². The molecule has 0 spiro atoms. The van der Waals surface area contributed by atoms with Crippen molar-refractivity contribution in [2.75, 3.05) is 27.3 Å². The molecule has 33 heavy (non-hydrogen) atoms. The Kier molecular flexibility index (Phi) is 7.24. The Bertz CT molecular complexity index is 1050. The predicted octanol–water partition coefficient (Wildman–Crippen LogP) is 3.65. The van der Waals surface area contributed by atoms with Crippen LogP contribution in [0, 0.1) is 0 Å². The molecule has 0 unspecified atom stereocenters. The molecule has 174 valence electrons. The number of imidazole rings is 1. The van der Waals surface area contributed by atoms with Crippen molar-refractivity contribution in [3.8, 4) is 17.2 Å². The van der Waals surface area contributed by atoms with E-state index in [2.05, 4.69) is 19.4 Å². The van der Waals surface area contributed by atoms with Crippen molar-refractivity contribution in [3.63, 3.8) is 0 Å². The number of hydrogen-bond donors (Lipinski definition) is 0. The molecule has 4 rings (SSSR count). The van der Waals surface area contributed by atoms with E-state index in [-0.39, 0.29) is 0 Å². The number of piperidine rings is 1. The van der Waals surface area contributed by atoms with Crippen molar-refractivity contribution in [2.24, 2.45) is 0 Å². The molecule has 0 atom stereocenters. The number of benzene rings is 1. The first kappa shape index (κ1) is 22.8. The van der Waals surface area contributed by atoms with Gasteiger partial charge in [-0.2, -0.15) is 0 Å². The Morgan fingerprint density at radius 2 is 1.76 bits per heavy atom. The Hall–Kier alpha value is -3.39. The summed E-state index contributed by atoms with van der Waals surface area (Å²) in [4.78, 5) is 23.0. The average Bonchev–Trinajstić information content (AvgIpc) is 3.28. The van der Waals surface area contributed by atoms with Crippen molar-refractivity contribution < 1.29 is 19.0 Å². The highest BCUT2D eigenvalue weighted by atomic mass is 16.6. The van der Waals surface area contributed by atoms with E-state index in [9.17, 15) is 4.79 Å². The maximum Gasteiger partial charge on any atom is 0.308 e. The van der Waals surface area contributed by atoms with E-state index >= 15 is 0 Å². The van der Waals surface area contributed by atoms with E-state index in [1.807, 2.05) is 48.9 Å². The zero-order valence-electron chi connectivity index (χ0n) is 19.4. The van der Waals surface area contributed by atoms with E-state index in [1.165, 1.54) is 6.92 Å². The van der Waals surface area contributed by atoms with Crippen LogP contribution in [-0.2, 0) is 17.9 Å². The predicted molar refractivity (Wildman–Crippen MR) is 124 cm³/mol. The number of aromatic nitrogens is 3. The number of carbonyl (C=O) groups excluding carboxylic acids is 1. The van der Waals surface area contributed by atoms with E-state index in [0.717, 1.165) is 56.1 Å². The van der Waals surface area contributed by atoms with Crippen LogP contribution in [0.15, 0.2) is 48.9 Å². The second kappa shape index (κ2) is 10.5. The molecule has 3 aromatic rings. The fourth-order valence-electron chi connectivity index (χ4n) is 4.36. The van der Waals surface area contributed by atoms with Gasteiger partial charge in [-0.25, -0.2) is 4.98 Å². The maximum atomic E-state index is 11.5. The average molecular weight is 451 g/mol. The lowest BCUT2D eigenvalue weighted by Crippen LogP contribution is -2.33. The molecule has 0 N–H and O–H groups in total. The number of hydrogen-bond acceptors (Lipinski definition) is 7. The van der Waals surface area contributed by atoms with E-state index in [1.54, 1.807) is 14.2 Å². The van der Waals surface area contributed by atoms with Gasteiger partial charge >= 0.3 is 5.97 Å². The first-order valence-corrected chi connectivity index (χ1v) is 11.1. The molecule has 1 saturated heterocycles. The highest BCUT2D eigenvalue weighted by Gasteiger charge is 2.25. The summed E-state index contributed by atoms with van der Waals surface area (Å²) in [5.41, 5.74) is 2.09. The third-order valence-corrected chi connectivity index (χ3v) is 5.93. The minimum absolute atomic E-state index is 0.315. The van der Waals surface area contributed by atoms with Gasteiger partial charge in [-0.15, -0.1) is 0 Å². The van der Waals surface area contributed by atoms with Gasteiger partial charge in [0.15, 0.2) is 11.5 Å². The van der Waals surface area contributed by atoms with Gasteiger partial charge in [0.2, 0.25) is 5.75 Å². The molecule has 0 aliphatic carbocycles. The first-order valence-electron chi connectivity index (χ1n) is 11.1. The van der Waals surface area contributed by atoms with Crippen molar-refractivity contribution in [1.29, 1.82) is 0 Å². The van der Waals surface area contributed by atoms with Crippen LogP contribution >= 0.6 is 0 Å². The number of methoxy groups -OCH3 is 2. The van der Waals surface area contributed by atoms with Gasteiger partial charge in [-0.3, -0.25) is 14.7 Å². The van der Waals surface area contributed by atoms with Gasteiger partial charge < -0.3 is 18.8 Å². The van der Waals surface area contributed by atoms with Crippen LogP contribution in [0.25, 0.3) is 0 Å². The summed E-state index contributed by atoms with van der Waals surface area (Å²) in [6.07, 6.45) is 7.83. The van der Waals surface area contributed by atoms with E-state index in [0.29, 0.717) is 23.2 Å². The number of esters is 1. The standard InChI is InChI=1S/C25H30N4O4/c1-18(30)33-24-22(31-2)14-19(15-23(24)32-3)16-28-11-7-20(8-12-28)25-27-10-13-29(25)17-21-6-4-5-9-26-21/h4-6,9-10,13-15,20H,7-8,11-12,16-17H2,1-3H3. The van der Waals surface area contributed by atoms with Gasteiger partial charge in [0.25, 0.3) is 0 Å². The monoisotopic (exact) mass is 450 g/mol. The second-order valence-electron chi connectivity index (χ2n) is 8.21. The van der Waals surface area contributed by atoms with Crippen LogP contribution in [0.2, 0.25) is 0 Å². The van der Waals surface area contributed by atoms with Crippen LogP contribution in [0.5, 0.6) is 17.2 Å². The molecule has 0 amide bonds. The van der Waals surface area contributed by atoms with Gasteiger partial charge in [0.05, 0.1) is 26.5 Å². The summed E-state index contributed by atoms with van der Waals surface area (Å²) >= 11 is 0. The minimum Gasteiger partial charge on any atom is -0.493 e. The zero-order chi connectivity index (χ0) is 23.2. The van der Waals surface area contributed by atoms with Crippen LogP contribution in [0.3, 0.4) is 0 Å². The summed E-state index contributed by atoms with van der Waals surface area (Å²) in [5.74, 6) is 2.44. The highest BCUT2D eigenvalue weighted by molar-refractivity contribution is 5.72. The molecule has 8 heteroatoms. The summed E-state index contributed by atoms with van der Waals surface area (Å²) in [5, 5.41) is 0. The molecule has 0 saturated carbocycles. The molecule has 2 aromatic heterocycles. The normalized spacial score (nSPS) is 14.8. The Morgan fingerprint density at radius 3 is 2.36 bits per heavy atom. The number of ether oxygens (including phenoxy) is 3. The van der Waals surface area contributed by atoms with Crippen LogP contribution in [0.4, 0.5) is 0 Å². The van der Waals surface area contributed by atoms with E-state index in [4.69, 9.17) is 14.2 Å². The molecule has 1 aromatic carbocycles. The number of carbonyl (C=O) groups is 1. The van der Waals surface area contributed by atoms with Gasteiger partial charge in [-0.1, -0.05) is 6.07 Å². The quantitative estimate of drug-likeness (QED) is 0.383. The van der Waals surface area contributed by atoms with Crippen LogP contribution in [-0.4, -0.2) is 52.7 Å². The summed E-state index contributed by atoms with van der Waals surface area (Å²) in [7, 11) is 3.12. The molecule has 0 radical (unpaired) electrons. The molecule has 8 nitrogen and oxygen atoms in total. The summed E-state index contributed by atoms with van der Waals surface area (Å²) < 4.78 is 18.4. The molecular weight excluding hydrogens is 420 g/mol. The van der Waals surface area contributed by atoms with Crippen LogP contribution in [0.1, 0.15) is 42.8 Å². The van der Waals surface area contributed by atoms with Crippen molar-refractivity contribution in [2.45, 2.75) is 38.8 Å². The lowest BCUT2D eigenvalue weighted by Gasteiger charge is -2.32. The number of likely N-dealkylation sites (tertiary alicyclic amines) is 1. The smallest absolute Gasteiger partial charge is 0.308 e. The molecule has 1 aliphatic heterocycles. The number of nitrogens with zero attached hydrogens (tertiary/aromatic N) is 4. The SMILES string of the molecule is COc1cc(CN2CCC(c3nccn3Cc3ccccn3)CC2)cc(OC)c1OC(C)=O.